The average molecular weight is 224 g/mol. The summed E-state index contributed by atoms with van der Waals surface area (Å²) in [5.41, 5.74) is 0. The summed E-state index contributed by atoms with van der Waals surface area (Å²) < 4.78 is 4.25. The number of hydrogen-bond donors (Lipinski definition) is 5. The van der Waals surface area contributed by atoms with Gasteiger partial charge in [0, 0.05) is 6.67 Å². The van der Waals surface area contributed by atoms with E-state index in [4.69, 9.17) is 0 Å². The van der Waals surface area contributed by atoms with Crippen molar-refractivity contribution in [1.29, 1.82) is 0 Å². The number of nitrogens with zero attached hydrogens (tertiary/aromatic N) is 2. The third-order valence-electron chi connectivity index (χ3n) is 2.89. The highest BCUT2D eigenvalue weighted by atomic mass is 15.2. The largest absolute Gasteiger partial charge is 0.549 e. The molecule has 0 saturated carbocycles. The number of rotatable bonds is 2. The summed E-state index contributed by atoms with van der Waals surface area (Å²) in [6.07, 6.45) is 7.14. The van der Waals surface area contributed by atoms with Crippen molar-refractivity contribution in [3.63, 3.8) is 0 Å². The van der Waals surface area contributed by atoms with Crippen molar-refractivity contribution < 1.29 is 4.48 Å². The van der Waals surface area contributed by atoms with Gasteiger partial charge in [-0.2, -0.15) is 0 Å². The van der Waals surface area contributed by atoms with Crippen LogP contribution in [0.15, 0.2) is 18.7 Å². The maximum atomic E-state index is 3.30. The Kier molecular flexibility index (Phi) is 3.58. The molecule has 2 fully saturated rings. The molecule has 3 heterocycles. The van der Waals surface area contributed by atoms with Crippen LogP contribution in [-0.4, -0.2) is 47.8 Å². The van der Waals surface area contributed by atoms with Gasteiger partial charge in [0.25, 0.3) is 7.55 Å². The molecule has 0 atom stereocenters. The van der Waals surface area contributed by atoms with Crippen LogP contribution in [0.3, 0.4) is 0 Å². The molecular formula is C5H12B5N7+. The molecule has 0 spiro atoms. The average Bonchev–Trinajstić information content (AvgIpc) is 2.90. The molecule has 7 nitrogen and oxygen atoms in total. The van der Waals surface area contributed by atoms with Gasteiger partial charge < -0.3 is 20.6 Å². The molecule has 2 aliphatic rings. The van der Waals surface area contributed by atoms with E-state index in [1.54, 1.807) is 0 Å². The van der Waals surface area contributed by atoms with E-state index in [1.165, 1.54) is 0 Å². The van der Waals surface area contributed by atoms with E-state index in [1.807, 2.05) is 28.7 Å². The fraction of sp³-hybridized carbons (Fsp3) is 0.400. The molecule has 3 rings (SSSR count). The SMILES string of the molecule is [B]1CB(n2cc[n+](B3N[B]NCN3)c2)N[B]N1. The number of hydrogen-bond acceptors (Lipinski definition) is 5. The van der Waals surface area contributed by atoms with Gasteiger partial charge in [0.05, 0.1) is 0 Å². The summed E-state index contributed by atoms with van der Waals surface area (Å²) in [4.78, 5) is 0. The molecule has 0 bridgehead atoms. The van der Waals surface area contributed by atoms with Crippen molar-refractivity contribution in [3.05, 3.63) is 18.7 Å². The van der Waals surface area contributed by atoms with Crippen molar-refractivity contribution in [2.45, 2.75) is 6.22 Å². The van der Waals surface area contributed by atoms with Crippen LogP contribution in [0, 0.1) is 0 Å². The highest BCUT2D eigenvalue weighted by Gasteiger charge is 2.31. The van der Waals surface area contributed by atoms with E-state index in [0.717, 1.165) is 12.9 Å². The first kappa shape index (κ1) is 11.4. The molecule has 17 heavy (non-hydrogen) atoms. The Morgan fingerprint density at radius 3 is 3.06 bits per heavy atom. The lowest BCUT2D eigenvalue weighted by molar-refractivity contribution is -0.541. The highest BCUT2D eigenvalue weighted by Crippen LogP contribution is 1.93. The molecule has 1 aromatic rings. The van der Waals surface area contributed by atoms with Crippen LogP contribution in [0.25, 0.3) is 0 Å². The van der Waals surface area contributed by atoms with Crippen molar-refractivity contribution in [3.8, 4) is 0 Å². The first-order chi connectivity index (χ1) is 8.43. The Labute approximate surface area is 104 Å². The van der Waals surface area contributed by atoms with Gasteiger partial charge in [-0.3, -0.25) is 14.2 Å². The fourth-order valence-electron chi connectivity index (χ4n) is 1.98. The molecule has 2 saturated heterocycles. The molecule has 0 aromatic carbocycles. The minimum Gasteiger partial charge on any atom is -0.393 e. The molecule has 0 amide bonds. The molecule has 5 N–H and O–H groups in total. The zero-order chi connectivity index (χ0) is 11.5. The van der Waals surface area contributed by atoms with Gasteiger partial charge in [0.2, 0.25) is 6.33 Å². The van der Waals surface area contributed by atoms with Crippen molar-refractivity contribution in [2.75, 3.05) is 6.67 Å². The molecule has 3 radical (unpaired) electrons. The Morgan fingerprint density at radius 2 is 2.29 bits per heavy atom. The third kappa shape index (κ3) is 2.61. The monoisotopic (exact) mass is 225 g/mol. The van der Waals surface area contributed by atoms with E-state index in [9.17, 15) is 0 Å². The number of aromatic nitrogens is 2. The lowest BCUT2D eigenvalue weighted by Crippen LogP contribution is -2.74. The van der Waals surface area contributed by atoms with Gasteiger partial charge in [-0.15, -0.1) is 0 Å². The van der Waals surface area contributed by atoms with E-state index in [2.05, 4.69) is 47.4 Å². The second-order valence-electron chi connectivity index (χ2n) is 4.04. The smallest absolute Gasteiger partial charge is 0.393 e. The minimum absolute atomic E-state index is 0.104. The van der Waals surface area contributed by atoms with Crippen LogP contribution < -0.4 is 30.4 Å². The summed E-state index contributed by atoms with van der Waals surface area (Å²) in [6, 6.07) is 0. The quantitative estimate of drug-likeness (QED) is 0.328. The van der Waals surface area contributed by atoms with Crippen LogP contribution >= 0.6 is 0 Å². The van der Waals surface area contributed by atoms with Gasteiger partial charge in [-0.25, -0.2) is 0 Å². The van der Waals surface area contributed by atoms with E-state index >= 15 is 0 Å². The van der Waals surface area contributed by atoms with Crippen molar-refractivity contribution in [1.82, 2.24) is 30.4 Å². The lowest BCUT2D eigenvalue weighted by Gasteiger charge is -2.17. The predicted octanol–water partition coefficient (Wildman–Crippen LogP) is -4.48. The summed E-state index contributed by atoms with van der Waals surface area (Å²) in [7, 11) is 5.86. The maximum Gasteiger partial charge on any atom is 0.549 e. The summed E-state index contributed by atoms with van der Waals surface area (Å²) in [5, 5.41) is 15.9. The lowest BCUT2D eigenvalue weighted by atomic mass is 9.52. The zero-order valence-electron chi connectivity index (χ0n) is 9.43. The zero-order valence-corrected chi connectivity index (χ0v) is 9.43. The topological polar surface area (TPSA) is 69.0 Å². The first-order valence-electron chi connectivity index (χ1n) is 5.72. The standard InChI is InChI=1S/C5H12B5N7/c1-2-17(10-12-4-11-7-15-10)5-16(1)9-3-6-13-8-14-9/h1-2,5,11-15H,3-4H2/q+1. The van der Waals surface area contributed by atoms with Gasteiger partial charge >= 0.3 is 21.6 Å². The Morgan fingerprint density at radius 1 is 1.29 bits per heavy atom. The van der Waals surface area contributed by atoms with Gasteiger partial charge in [0.15, 0.2) is 7.41 Å². The first-order valence-corrected chi connectivity index (χ1v) is 5.72. The van der Waals surface area contributed by atoms with Crippen molar-refractivity contribution in [2.24, 2.45) is 0 Å². The second kappa shape index (κ2) is 5.32. The van der Waals surface area contributed by atoms with E-state index in [-0.39, 0.29) is 14.1 Å². The Hall–Kier alpha value is -0.665. The third-order valence-corrected chi connectivity index (χ3v) is 2.89. The van der Waals surface area contributed by atoms with Crippen LogP contribution in [0.4, 0.5) is 0 Å². The number of imidazole rings is 1. The Balaban J connectivity index is 1.68. The number of nitrogens with one attached hydrogen (secondary N) is 5. The predicted molar refractivity (Wildman–Crippen MR) is 69.5 cm³/mol. The minimum atomic E-state index is 0.104. The van der Waals surface area contributed by atoms with Crippen LogP contribution in [0.5, 0.6) is 0 Å². The van der Waals surface area contributed by atoms with Gasteiger partial charge in [-0.05, 0) is 6.22 Å². The van der Waals surface area contributed by atoms with Crippen LogP contribution in [-0.2, 0) is 0 Å². The summed E-state index contributed by atoms with van der Waals surface area (Å²) in [6.45, 7) is 1.05. The molecule has 0 aliphatic carbocycles. The summed E-state index contributed by atoms with van der Waals surface area (Å²) >= 11 is 0. The Bertz CT molecular complexity index is 329. The van der Waals surface area contributed by atoms with Gasteiger partial charge in [-0.1, -0.05) is 0 Å². The van der Waals surface area contributed by atoms with Crippen molar-refractivity contribution >= 4 is 36.6 Å². The second-order valence-corrected chi connectivity index (χ2v) is 4.04. The normalized spacial score (nSPS) is 20.5. The van der Waals surface area contributed by atoms with Crippen LogP contribution in [0.2, 0.25) is 6.22 Å². The molecule has 81 valence electrons. The molecule has 2 aliphatic heterocycles. The van der Waals surface area contributed by atoms with E-state index < -0.39 is 0 Å². The molecular weight excluding hydrogens is 212 g/mol. The fourth-order valence-corrected chi connectivity index (χ4v) is 1.98. The molecule has 12 heteroatoms. The molecule has 0 unspecified atom stereocenters. The van der Waals surface area contributed by atoms with E-state index in [0.29, 0.717) is 0 Å². The highest BCUT2D eigenvalue weighted by molar-refractivity contribution is 6.77. The molecule has 1 aromatic heterocycles. The van der Waals surface area contributed by atoms with Crippen LogP contribution in [0.1, 0.15) is 0 Å². The van der Waals surface area contributed by atoms with Gasteiger partial charge in [0.1, 0.15) is 12.4 Å². The maximum absolute atomic E-state index is 3.30. The summed E-state index contributed by atoms with van der Waals surface area (Å²) in [5.74, 6) is 0.